The van der Waals surface area contributed by atoms with Gasteiger partial charge in [-0.25, -0.2) is 4.79 Å². The van der Waals surface area contributed by atoms with Gasteiger partial charge in [0.05, 0.1) is 12.2 Å². The molecule has 0 bridgehead atoms. The first-order valence-corrected chi connectivity index (χ1v) is 10.1. The molecule has 0 N–H and O–H groups in total. The summed E-state index contributed by atoms with van der Waals surface area (Å²) in [5, 5.41) is 0. The third-order valence-corrected chi connectivity index (χ3v) is 4.88. The number of hydrogen-bond acceptors (Lipinski definition) is 2. The van der Waals surface area contributed by atoms with Crippen LogP contribution in [0.1, 0.15) is 86.2 Å². The van der Waals surface area contributed by atoms with Gasteiger partial charge in [0.1, 0.15) is 0 Å². The first-order valence-electron chi connectivity index (χ1n) is 10.1. The molecule has 0 fully saturated rings. The average Bonchev–Trinajstić information content (AvgIpc) is 2.68. The highest BCUT2D eigenvalue weighted by molar-refractivity contribution is 5.91. The van der Waals surface area contributed by atoms with E-state index in [4.69, 9.17) is 4.74 Å². The molecule has 2 rings (SSSR count). The minimum atomic E-state index is -0.216. The van der Waals surface area contributed by atoms with Crippen LogP contribution in [0.15, 0.2) is 54.6 Å². The van der Waals surface area contributed by atoms with E-state index in [2.05, 4.69) is 37.3 Å². The molecule has 0 aromatic heterocycles. The lowest BCUT2D eigenvalue weighted by Gasteiger charge is -2.21. The van der Waals surface area contributed by atoms with Crippen molar-refractivity contribution >= 4 is 5.97 Å². The fourth-order valence-electron chi connectivity index (χ4n) is 3.51. The van der Waals surface area contributed by atoms with Crippen LogP contribution in [0.2, 0.25) is 0 Å². The highest BCUT2D eigenvalue weighted by Crippen LogP contribution is 2.32. The Hall–Kier alpha value is -2.09. The maximum Gasteiger partial charge on any atom is 0.338 e. The maximum atomic E-state index is 12.4. The van der Waals surface area contributed by atoms with Crippen molar-refractivity contribution in [2.75, 3.05) is 6.61 Å². The molecule has 0 radical (unpaired) electrons. The molecule has 2 heteroatoms. The van der Waals surface area contributed by atoms with Crippen molar-refractivity contribution in [3.05, 3.63) is 71.3 Å². The summed E-state index contributed by atoms with van der Waals surface area (Å²) < 4.78 is 5.29. The molecule has 0 heterocycles. The van der Waals surface area contributed by atoms with E-state index in [-0.39, 0.29) is 11.9 Å². The number of rotatable bonds is 11. The van der Waals surface area contributed by atoms with Crippen LogP contribution in [-0.4, -0.2) is 12.6 Å². The summed E-state index contributed by atoms with van der Waals surface area (Å²) in [4.78, 5) is 12.4. The largest absolute Gasteiger partial charge is 0.462 e. The van der Waals surface area contributed by atoms with Crippen LogP contribution >= 0.6 is 0 Å². The second-order valence-electron chi connectivity index (χ2n) is 6.83. The fraction of sp³-hybridized carbons (Fsp3) is 0.458. The Kier molecular flexibility index (Phi) is 8.95. The fourth-order valence-corrected chi connectivity index (χ4v) is 3.51. The lowest BCUT2D eigenvalue weighted by molar-refractivity contribution is 0.0524. The number of benzene rings is 2. The summed E-state index contributed by atoms with van der Waals surface area (Å²) in [6.07, 6.45) is 8.73. The van der Waals surface area contributed by atoms with E-state index in [1.54, 1.807) is 0 Å². The predicted octanol–water partition coefficient (Wildman–Crippen LogP) is 6.75. The molecule has 0 saturated carbocycles. The van der Waals surface area contributed by atoms with Gasteiger partial charge < -0.3 is 4.74 Å². The van der Waals surface area contributed by atoms with Gasteiger partial charge >= 0.3 is 5.97 Å². The highest BCUT2D eigenvalue weighted by Gasteiger charge is 2.21. The van der Waals surface area contributed by atoms with Crippen molar-refractivity contribution in [2.45, 2.75) is 64.7 Å². The summed E-state index contributed by atoms with van der Waals surface area (Å²) in [5.41, 5.74) is 3.07. The number of carbonyl (C=O) groups excluding carboxylic acids is 1. The van der Waals surface area contributed by atoms with Crippen LogP contribution in [0.3, 0.4) is 0 Å². The Morgan fingerprint density at radius 1 is 0.846 bits per heavy atom. The van der Waals surface area contributed by atoms with Crippen molar-refractivity contribution in [3.63, 3.8) is 0 Å². The molecule has 2 aromatic rings. The molecule has 0 amide bonds. The predicted molar refractivity (Wildman–Crippen MR) is 109 cm³/mol. The van der Waals surface area contributed by atoms with Gasteiger partial charge in [-0.15, -0.1) is 0 Å². The van der Waals surface area contributed by atoms with Gasteiger partial charge in [0.25, 0.3) is 0 Å². The van der Waals surface area contributed by atoms with Gasteiger partial charge in [-0.1, -0.05) is 94.0 Å². The molecule has 0 aliphatic carbocycles. The Morgan fingerprint density at radius 2 is 1.50 bits per heavy atom. The van der Waals surface area contributed by atoms with Crippen LogP contribution in [0, 0.1) is 0 Å². The molecule has 0 spiro atoms. The molecular weight excluding hydrogens is 320 g/mol. The smallest absolute Gasteiger partial charge is 0.338 e. The van der Waals surface area contributed by atoms with Crippen molar-refractivity contribution in [1.82, 2.24) is 0 Å². The third-order valence-electron chi connectivity index (χ3n) is 4.88. The Morgan fingerprint density at radius 3 is 2.23 bits per heavy atom. The molecule has 2 nitrogen and oxygen atoms in total. The number of unbranched alkanes of at least 4 members (excludes halogenated alkanes) is 5. The van der Waals surface area contributed by atoms with E-state index in [1.807, 2.05) is 31.2 Å². The highest BCUT2D eigenvalue weighted by atomic mass is 16.5. The topological polar surface area (TPSA) is 26.3 Å². The summed E-state index contributed by atoms with van der Waals surface area (Å²) in [7, 11) is 0. The molecule has 2 aromatic carbocycles. The Labute approximate surface area is 158 Å². The van der Waals surface area contributed by atoms with Gasteiger partial charge in [-0.2, -0.15) is 0 Å². The first-order chi connectivity index (χ1) is 12.8. The zero-order valence-electron chi connectivity index (χ0n) is 16.2. The van der Waals surface area contributed by atoms with Crippen molar-refractivity contribution in [2.24, 2.45) is 0 Å². The molecule has 0 aliphatic rings. The first kappa shape index (κ1) is 20.2. The number of carbonyl (C=O) groups is 1. The zero-order valence-corrected chi connectivity index (χ0v) is 16.2. The third kappa shape index (κ3) is 6.01. The van der Waals surface area contributed by atoms with Gasteiger partial charge in [0.2, 0.25) is 0 Å². The van der Waals surface area contributed by atoms with E-state index in [0.717, 1.165) is 12.0 Å². The molecule has 1 atom stereocenters. The summed E-state index contributed by atoms with van der Waals surface area (Å²) in [6.45, 7) is 4.50. The quantitative estimate of drug-likeness (QED) is 0.330. The normalized spacial score (nSPS) is 11.9. The van der Waals surface area contributed by atoms with Gasteiger partial charge in [0, 0.05) is 5.92 Å². The lowest BCUT2D eigenvalue weighted by atomic mass is 9.84. The Balaban J connectivity index is 2.18. The SMILES string of the molecule is CCCCCCCCC(c1ccccc1)c1ccccc1C(=O)OCC. The van der Waals surface area contributed by atoms with E-state index >= 15 is 0 Å². The lowest BCUT2D eigenvalue weighted by Crippen LogP contribution is -2.12. The molecule has 140 valence electrons. The van der Waals surface area contributed by atoms with E-state index < -0.39 is 0 Å². The van der Waals surface area contributed by atoms with Crippen LogP contribution in [0.25, 0.3) is 0 Å². The van der Waals surface area contributed by atoms with Crippen molar-refractivity contribution in [3.8, 4) is 0 Å². The number of esters is 1. The van der Waals surface area contributed by atoms with Crippen molar-refractivity contribution < 1.29 is 9.53 Å². The molecule has 1 unspecified atom stereocenters. The standard InChI is InChI=1S/C24H32O2/c1-3-5-6-7-8-12-17-21(20-15-10-9-11-16-20)22-18-13-14-19-23(22)24(25)26-4-2/h9-11,13-16,18-19,21H,3-8,12,17H2,1-2H3. The van der Waals surface area contributed by atoms with E-state index in [1.165, 1.54) is 44.1 Å². The van der Waals surface area contributed by atoms with Crippen LogP contribution in [-0.2, 0) is 4.74 Å². The van der Waals surface area contributed by atoms with Gasteiger partial charge in [-0.05, 0) is 30.5 Å². The summed E-state index contributed by atoms with van der Waals surface area (Å²) in [6, 6.07) is 18.5. The monoisotopic (exact) mass is 352 g/mol. The number of hydrogen-bond donors (Lipinski definition) is 0. The van der Waals surface area contributed by atoms with Crippen molar-refractivity contribution in [1.29, 1.82) is 0 Å². The zero-order chi connectivity index (χ0) is 18.6. The molecule has 26 heavy (non-hydrogen) atoms. The molecule has 0 aliphatic heterocycles. The van der Waals surface area contributed by atoms with Crippen LogP contribution in [0.5, 0.6) is 0 Å². The average molecular weight is 353 g/mol. The maximum absolute atomic E-state index is 12.4. The van der Waals surface area contributed by atoms with Crippen LogP contribution < -0.4 is 0 Å². The van der Waals surface area contributed by atoms with Crippen LogP contribution in [0.4, 0.5) is 0 Å². The van der Waals surface area contributed by atoms with E-state index in [0.29, 0.717) is 12.2 Å². The summed E-state index contributed by atoms with van der Waals surface area (Å²) in [5.74, 6) is 0.0231. The van der Waals surface area contributed by atoms with E-state index in [9.17, 15) is 4.79 Å². The van der Waals surface area contributed by atoms with Gasteiger partial charge in [0.15, 0.2) is 0 Å². The minimum absolute atomic E-state index is 0.216. The second kappa shape index (κ2) is 11.5. The van der Waals surface area contributed by atoms with Gasteiger partial charge in [-0.3, -0.25) is 0 Å². The number of ether oxygens (including phenoxy) is 1. The molecular formula is C24H32O2. The molecule has 0 saturated heterocycles. The summed E-state index contributed by atoms with van der Waals surface area (Å²) >= 11 is 0. The second-order valence-corrected chi connectivity index (χ2v) is 6.83. The Bertz CT molecular complexity index is 648. The minimum Gasteiger partial charge on any atom is -0.462 e.